The lowest BCUT2D eigenvalue weighted by Gasteiger charge is -2.09. The van der Waals surface area contributed by atoms with Gasteiger partial charge >= 0.3 is 0 Å². The number of methoxy groups -OCH3 is 1. The average Bonchev–Trinajstić information content (AvgIpc) is 2.67. The fourth-order valence-electron chi connectivity index (χ4n) is 2.59. The number of nitro groups is 1. The maximum atomic E-state index is 12.3. The zero-order valence-corrected chi connectivity index (χ0v) is 13.7. The summed E-state index contributed by atoms with van der Waals surface area (Å²) in [5, 5.41) is 20.1. The van der Waals surface area contributed by atoms with Gasteiger partial charge in [-0.3, -0.25) is 14.9 Å². The van der Waals surface area contributed by atoms with Gasteiger partial charge in [0.25, 0.3) is 11.2 Å². The molecule has 3 rings (SSSR count). The molecule has 0 fully saturated rings. The third kappa shape index (κ3) is 3.16. The Morgan fingerprint density at radius 2 is 1.69 bits per heavy atom. The van der Waals surface area contributed by atoms with E-state index >= 15 is 0 Å². The van der Waals surface area contributed by atoms with Crippen LogP contribution in [0.25, 0.3) is 22.4 Å². The number of hydrogen-bond acceptors (Lipinski definition) is 5. The van der Waals surface area contributed by atoms with Crippen LogP contribution in [-0.4, -0.2) is 17.0 Å². The van der Waals surface area contributed by atoms with Crippen LogP contribution in [-0.2, 0) is 0 Å². The number of nitrogens with zero attached hydrogens (tertiary/aromatic N) is 2. The number of aromatic amines is 1. The van der Waals surface area contributed by atoms with Gasteiger partial charge in [0.1, 0.15) is 17.4 Å². The Morgan fingerprint density at radius 1 is 1.08 bits per heavy atom. The van der Waals surface area contributed by atoms with Crippen molar-refractivity contribution in [3.05, 3.63) is 80.6 Å². The van der Waals surface area contributed by atoms with Crippen LogP contribution < -0.4 is 10.3 Å². The van der Waals surface area contributed by atoms with Gasteiger partial charge in [0.05, 0.1) is 12.0 Å². The molecule has 0 aliphatic carbocycles. The molecule has 0 unspecified atom stereocenters. The topological polar surface area (TPSA) is 109 Å². The third-order valence-electron chi connectivity index (χ3n) is 3.94. The zero-order valence-electron chi connectivity index (χ0n) is 13.7. The van der Waals surface area contributed by atoms with Gasteiger partial charge in [-0.1, -0.05) is 0 Å². The van der Waals surface area contributed by atoms with Crippen LogP contribution in [0, 0.1) is 21.4 Å². The summed E-state index contributed by atoms with van der Waals surface area (Å²) in [4.78, 5) is 25.3. The summed E-state index contributed by atoms with van der Waals surface area (Å²) in [6, 6.07) is 16.4. The molecule has 0 saturated carbocycles. The number of rotatable bonds is 4. The first-order chi connectivity index (χ1) is 12.5. The van der Waals surface area contributed by atoms with Crippen molar-refractivity contribution in [3.8, 4) is 34.2 Å². The Balaban J connectivity index is 2.14. The summed E-state index contributed by atoms with van der Waals surface area (Å²) in [6.45, 7) is 0. The third-order valence-corrected chi connectivity index (χ3v) is 3.94. The Kier molecular flexibility index (Phi) is 4.50. The lowest BCUT2D eigenvalue weighted by Crippen LogP contribution is -2.12. The molecule has 0 aliphatic heterocycles. The predicted octanol–water partition coefficient (Wildman–Crippen LogP) is 3.50. The van der Waals surface area contributed by atoms with Crippen molar-refractivity contribution in [1.29, 1.82) is 5.26 Å². The second-order valence-corrected chi connectivity index (χ2v) is 5.45. The van der Waals surface area contributed by atoms with E-state index in [9.17, 15) is 20.2 Å². The van der Waals surface area contributed by atoms with Crippen LogP contribution >= 0.6 is 0 Å². The molecule has 26 heavy (non-hydrogen) atoms. The van der Waals surface area contributed by atoms with Crippen LogP contribution in [0.5, 0.6) is 5.75 Å². The highest BCUT2D eigenvalue weighted by Crippen LogP contribution is 2.28. The van der Waals surface area contributed by atoms with Gasteiger partial charge in [0.2, 0.25) is 0 Å². The van der Waals surface area contributed by atoms with E-state index in [4.69, 9.17) is 4.74 Å². The number of non-ortho nitro benzene ring substituents is 1. The summed E-state index contributed by atoms with van der Waals surface area (Å²) >= 11 is 0. The van der Waals surface area contributed by atoms with Crippen molar-refractivity contribution < 1.29 is 9.66 Å². The summed E-state index contributed by atoms with van der Waals surface area (Å²) < 4.78 is 5.12. The fourth-order valence-corrected chi connectivity index (χ4v) is 2.59. The van der Waals surface area contributed by atoms with Gasteiger partial charge in [-0.2, -0.15) is 5.26 Å². The van der Waals surface area contributed by atoms with Crippen LogP contribution in [0.15, 0.2) is 59.4 Å². The van der Waals surface area contributed by atoms with Crippen molar-refractivity contribution in [2.45, 2.75) is 0 Å². The molecule has 1 N–H and O–H groups in total. The van der Waals surface area contributed by atoms with Crippen molar-refractivity contribution >= 4 is 5.69 Å². The van der Waals surface area contributed by atoms with Crippen molar-refractivity contribution in [2.24, 2.45) is 0 Å². The SMILES string of the molecule is COc1ccc(-c2cc(-c3ccc([N+](=O)[O-])cc3)c(C#N)c(=O)[nH]2)cc1. The van der Waals surface area contributed by atoms with E-state index in [1.54, 1.807) is 37.4 Å². The van der Waals surface area contributed by atoms with Gasteiger partial charge < -0.3 is 9.72 Å². The highest BCUT2D eigenvalue weighted by atomic mass is 16.6. The molecule has 1 heterocycles. The van der Waals surface area contributed by atoms with Crippen LogP contribution in [0.2, 0.25) is 0 Å². The molecule has 7 nitrogen and oxygen atoms in total. The number of benzene rings is 2. The minimum atomic E-state index is -0.519. The number of nitrogens with one attached hydrogen (secondary N) is 1. The Morgan fingerprint density at radius 3 is 2.23 bits per heavy atom. The smallest absolute Gasteiger partial charge is 0.269 e. The van der Waals surface area contributed by atoms with Gasteiger partial charge in [-0.25, -0.2) is 0 Å². The number of hydrogen-bond donors (Lipinski definition) is 1. The Bertz CT molecular complexity index is 1060. The van der Waals surface area contributed by atoms with Crippen LogP contribution in [0.4, 0.5) is 5.69 Å². The molecule has 1 aromatic heterocycles. The lowest BCUT2D eigenvalue weighted by atomic mass is 9.99. The number of pyridine rings is 1. The number of ether oxygens (including phenoxy) is 1. The first kappa shape index (κ1) is 16.9. The van der Waals surface area contributed by atoms with E-state index in [2.05, 4.69) is 4.98 Å². The first-order valence-electron chi connectivity index (χ1n) is 7.60. The Labute approximate surface area is 148 Å². The van der Waals surface area contributed by atoms with Gasteiger partial charge in [-0.05, 0) is 53.6 Å². The maximum Gasteiger partial charge on any atom is 0.269 e. The number of H-pyrrole nitrogens is 1. The molecule has 3 aromatic rings. The summed E-state index contributed by atoms with van der Waals surface area (Å²) in [6.07, 6.45) is 0. The number of aromatic nitrogens is 1. The first-order valence-corrected chi connectivity index (χ1v) is 7.60. The van der Waals surface area contributed by atoms with E-state index in [1.165, 1.54) is 24.3 Å². The molecule has 128 valence electrons. The summed E-state index contributed by atoms with van der Waals surface area (Å²) in [7, 11) is 1.56. The molecular weight excluding hydrogens is 334 g/mol. The molecule has 0 aliphatic rings. The van der Waals surface area contributed by atoms with E-state index in [1.807, 2.05) is 6.07 Å². The molecule has 0 bridgehead atoms. The molecule has 7 heteroatoms. The molecule has 2 aromatic carbocycles. The minimum Gasteiger partial charge on any atom is -0.497 e. The maximum absolute atomic E-state index is 12.3. The molecule has 0 atom stereocenters. The predicted molar refractivity (Wildman–Crippen MR) is 95.9 cm³/mol. The summed E-state index contributed by atoms with van der Waals surface area (Å²) in [5.41, 5.74) is 1.61. The van der Waals surface area contributed by atoms with Gasteiger partial charge in [0, 0.05) is 23.4 Å². The van der Waals surface area contributed by atoms with Gasteiger partial charge in [0.15, 0.2) is 0 Å². The second kappa shape index (κ2) is 6.91. The average molecular weight is 347 g/mol. The monoisotopic (exact) mass is 347 g/mol. The molecule has 0 spiro atoms. The lowest BCUT2D eigenvalue weighted by molar-refractivity contribution is -0.384. The Hall–Kier alpha value is -3.92. The van der Waals surface area contributed by atoms with Gasteiger partial charge in [-0.15, -0.1) is 0 Å². The minimum absolute atomic E-state index is 0.0453. The normalized spacial score (nSPS) is 10.2. The number of nitro benzene ring substituents is 1. The van der Waals surface area contributed by atoms with E-state index in [-0.39, 0.29) is 11.3 Å². The van der Waals surface area contributed by atoms with Crippen molar-refractivity contribution in [1.82, 2.24) is 4.98 Å². The fraction of sp³-hybridized carbons (Fsp3) is 0.0526. The molecular formula is C19H13N3O4. The quantitative estimate of drug-likeness (QED) is 0.574. The highest BCUT2D eigenvalue weighted by molar-refractivity contribution is 5.75. The standard InChI is InChI=1S/C19H13N3O4/c1-26-15-8-4-13(5-9-15)18-10-16(17(11-20)19(23)21-18)12-2-6-14(7-3-12)22(24)25/h2-10H,1H3,(H,21,23). The molecule has 0 saturated heterocycles. The van der Waals surface area contributed by atoms with E-state index < -0.39 is 10.5 Å². The summed E-state index contributed by atoms with van der Waals surface area (Å²) in [5.74, 6) is 0.681. The van der Waals surface area contributed by atoms with E-state index in [0.29, 0.717) is 22.6 Å². The van der Waals surface area contributed by atoms with Crippen molar-refractivity contribution in [3.63, 3.8) is 0 Å². The van der Waals surface area contributed by atoms with Crippen molar-refractivity contribution in [2.75, 3.05) is 7.11 Å². The highest BCUT2D eigenvalue weighted by Gasteiger charge is 2.14. The molecule has 0 radical (unpaired) electrons. The van der Waals surface area contributed by atoms with Crippen LogP contribution in [0.3, 0.4) is 0 Å². The molecule has 0 amide bonds. The zero-order chi connectivity index (χ0) is 18.7. The van der Waals surface area contributed by atoms with Crippen LogP contribution in [0.1, 0.15) is 5.56 Å². The largest absolute Gasteiger partial charge is 0.497 e. The number of nitriles is 1. The second-order valence-electron chi connectivity index (χ2n) is 5.45. The van der Waals surface area contributed by atoms with E-state index in [0.717, 1.165) is 5.56 Å².